The van der Waals surface area contributed by atoms with Crippen LogP contribution >= 0.6 is 0 Å². The van der Waals surface area contributed by atoms with Gasteiger partial charge in [-0.1, -0.05) is 0 Å². The maximum atomic E-state index is 12.5. The van der Waals surface area contributed by atoms with Crippen molar-refractivity contribution in [3.8, 4) is 0 Å². The lowest BCUT2D eigenvalue weighted by atomic mass is 10.2. The van der Waals surface area contributed by atoms with Gasteiger partial charge in [-0.2, -0.15) is 5.10 Å². The molecule has 1 aromatic heterocycles. The van der Waals surface area contributed by atoms with E-state index in [9.17, 15) is 4.79 Å². The number of hydrogen-bond acceptors (Lipinski definition) is 4. The molecular formula is C14H25N5O. The second-order valence-corrected chi connectivity index (χ2v) is 5.72. The largest absolute Gasteiger partial charge is 0.395 e. The highest BCUT2D eigenvalue weighted by molar-refractivity contribution is 5.97. The zero-order chi connectivity index (χ0) is 14.7. The van der Waals surface area contributed by atoms with Gasteiger partial charge in [0.15, 0.2) is 5.69 Å². The average molecular weight is 279 g/mol. The highest BCUT2D eigenvalue weighted by Crippen LogP contribution is 2.42. The molecule has 0 aromatic carbocycles. The fourth-order valence-corrected chi connectivity index (χ4v) is 2.34. The lowest BCUT2D eigenvalue weighted by molar-refractivity contribution is 0.0754. The van der Waals surface area contributed by atoms with Crippen LogP contribution < -0.4 is 5.73 Å². The number of carbonyl (C=O) groups excluding carboxylic acids is 1. The van der Waals surface area contributed by atoms with Crippen molar-refractivity contribution in [2.24, 2.45) is 0 Å². The minimum atomic E-state index is -0.0630. The molecule has 1 aliphatic rings. The molecule has 0 atom stereocenters. The molecule has 0 saturated heterocycles. The topological polar surface area (TPSA) is 78.2 Å². The summed E-state index contributed by atoms with van der Waals surface area (Å²) >= 11 is 0. The van der Waals surface area contributed by atoms with Crippen molar-refractivity contribution < 1.29 is 4.79 Å². The van der Waals surface area contributed by atoms with E-state index in [1.54, 1.807) is 0 Å². The summed E-state index contributed by atoms with van der Waals surface area (Å²) in [5.41, 5.74) is 7.94. The molecule has 0 spiro atoms. The summed E-state index contributed by atoms with van der Waals surface area (Å²) in [6.07, 6.45) is 3.23. The SMILES string of the molecule is CCN(CCCN(C)C)C(=O)c1n[nH]c(C2CC2)c1N. The number of nitrogens with zero attached hydrogens (tertiary/aromatic N) is 3. The first-order chi connectivity index (χ1) is 9.54. The molecule has 0 radical (unpaired) electrons. The number of nitrogen functional groups attached to an aromatic ring is 1. The Balaban J connectivity index is 2.00. The van der Waals surface area contributed by atoms with E-state index in [1.165, 1.54) is 0 Å². The Labute approximate surface area is 120 Å². The van der Waals surface area contributed by atoms with Crippen molar-refractivity contribution in [1.82, 2.24) is 20.0 Å². The van der Waals surface area contributed by atoms with Crippen molar-refractivity contribution in [3.63, 3.8) is 0 Å². The van der Waals surface area contributed by atoms with Crippen molar-refractivity contribution in [1.29, 1.82) is 0 Å². The summed E-state index contributed by atoms with van der Waals surface area (Å²) in [5, 5.41) is 7.08. The number of H-pyrrole nitrogens is 1. The first-order valence-electron chi connectivity index (χ1n) is 7.32. The van der Waals surface area contributed by atoms with Gasteiger partial charge in [-0.3, -0.25) is 9.89 Å². The Morgan fingerprint density at radius 1 is 1.40 bits per heavy atom. The second kappa shape index (κ2) is 6.26. The minimum absolute atomic E-state index is 0.0630. The van der Waals surface area contributed by atoms with Gasteiger partial charge in [0.25, 0.3) is 5.91 Å². The van der Waals surface area contributed by atoms with Crippen LogP contribution in [0, 0.1) is 0 Å². The van der Waals surface area contributed by atoms with E-state index in [0.717, 1.165) is 38.0 Å². The number of nitrogens with two attached hydrogens (primary N) is 1. The predicted octanol–water partition coefficient (Wildman–Crippen LogP) is 1.28. The summed E-state index contributed by atoms with van der Waals surface area (Å²) in [6, 6.07) is 0. The third-order valence-electron chi connectivity index (χ3n) is 3.72. The molecule has 6 heteroatoms. The summed E-state index contributed by atoms with van der Waals surface area (Å²) in [4.78, 5) is 16.4. The predicted molar refractivity (Wildman–Crippen MR) is 79.7 cm³/mol. The zero-order valence-electron chi connectivity index (χ0n) is 12.6. The number of rotatable bonds is 7. The lowest BCUT2D eigenvalue weighted by Gasteiger charge is -2.21. The molecule has 20 heavy (non-hydrogen) atoms. The third-order valence-corrected chi connectivity index (χ3v) is 3.72. The Morgan fingerprint density at radius 3 is 2.65 bits per heavy atom. The van der Waals surface area contributed by atoms with Crippen LogP contribution in [0.2, 0.25) is 0 Å². The Morgan fingerprint density at radius 2 is 2.10 bits per heavy atom. The minimum Gasteiger partial charge on any atom is -0.395 e. The number of nitrogens with one attached hydrogen (secondary N) is 1. The van der Waals surface area contributed by atoms with Gasteiger partial charge in [0.05, 0.1) is 11.4 Å². The first kappa shape index (κ1) is 14.8. The molecule has 6 nitrogen and oxygen atoms in total. The molecule has 1 aromatic rings. The van der Waals surface area contributed by atoms with Gasteiger partial charge in [0.1, 0.15) is 0 Å². The molecule has 0 unspecified atom stereocenters. The van der Waals surface area contributed by atoms with Crippen molar-refractivity contribution in [2.45, 2.75) is 32.1 Å². The molecule has 1 amide bonds. The van der Waals surface area contributed by atoms with Crippen molar-refractivity contribution >= 4 is 11.6 Å². The molecule has 1 saturated carbocycles. The van der Waals surface area contributed by atoms with E-state index in [0.29, 0.717) is 23.8 Å². The third kappa shape index (κ3) is 3.30. The van der Waals surface area contributed by atoms with Crippen LogP contribution in [0.3, 0.4) is 0 Å². The molecular weight excluding hydrogens is 254 g/mol. The smallest absolute Gasteiger partial charge is 0.276 e. The van der Waals surface area contributed by atoms with E-state index in [4.69, 9.17) is 5.73 Å². The summed E-state index contributed by atoms with van der Waals surface area (Å²) in [6.45, 7) is 4.36. The average Bonchev–Trinajstić information content (AvgIpc) is 3.17. The number of anilines is 1. The molecule has 1 heterocycles. The van der Waals surface area contributed by atoms with E-state index in [2.05, 4.69) is 15.1 Å². The van der Waals surface area contributed by atoms with Crippen molar-refractivity contribution in [2.75, 3.05) is 39.5 Å². The first-order valence-corrected chi connectivity index (χ1v) is 7.32. The quantitative estimate of drug-likeness (QED) is 0.788. The fourth-order valence-electron chi connectivity index (χ4n) is 2.34. The Kier molecular flexibility index (Phi) is 4.65. The highest BCUT2D eigenvalue weighted by atomic mass is 16.2. The second-order valence-electron chi connectivity index (χ2n) is 5.72. The van der Waals surface area contributed by atoms with E-state index < -0.39 is 0 Å². The van der Waals surface area contributed by atoms with Crippen LogP contribution in [0.4, 0.5) is 5.69 Å². The highest BCUT2D eigenvalue weighted by Gasteiger charge is 2.31. The molecule has 0 bridgehead atoms. The number of amides is 1. The molecule has 112 valence electrons. The molecule has 0 aliphatic heterocycles. The molecule has 1 aliphatic carbocycles. The summed E-state index contributed by atoms with van der Waals surface area (Å²) in [5.74, 6) is 0.416. The van der Waals surface area contributed by atoms with Gasteiger partial charge in [0, 0.05) is 19.0 Å². The van der Waals surface area contributed by atoms with Gasteiger partial charge >= 0.3 is 0 Å². The Bertz CT molecular complexity index is 464. The summed E-state index contributed by atoms with van der Waals surface area (Å²) in [7, 11) is 4.07. The fraction of sp³-hybridized carbons (Fsp3) is 0.714. The zero-order valence-corrected chi connectivity index (χ0v) is 12.6. The van der Waals surface area contributed by atoms with Gasteiger partial charge in [-0.05, 0) is 46.8 Å². The monoisotopic (exact) mass is 279 g/mol. The standard InChI is InChI=1S/C14H25N5O/c1-4-19(9-5-8-18(2)3)14(20)13-11(15)12(16-17-13)10-6-7-10/h10H,4-9,15H2,1-3H3,(H,16,17). The van der Waals surface area contributed by atoms with Gasteiger partial charge in [0.2, 0.25) is 0 Å². The normalized spacial score (nSPS) is 14.8. The molecule has 2 rings (SSSR count). The summed E-state index contributed by atoms with van der Waals surface area (Å²) < 4.78 is 0. The van der Waals surface area contributed by atoms with Gasteiger partial charge < -0.3 is 15.5 Å². The maximum Gasteiger partial charge on any atom is 0.276 e. The van der Waals surface area contributed by atoms with Crippen LogP contribution in [0.15, 0.2) is 0 Å². The maximum absolute atomic E-state index is 12.5. The number of carbonyl (C=O) groups is 1. The van der Waals surface area contributed by atoms with Crippen LogP contribution in [0.1, 0.15) is 48.3 Å². The van der Waals surface area contributed by atoms with Crippen LogP contribution in [-0.4, -0.2) is 59.6 Å². The van der Waals surface area contributed by atoms with Gasteiger partial charge in [-0.25, -0.2) is 0 Å². The van der Waals surface area contributed by atoms with E-state index in [-0.39, 0.29) is 5.91 Å². The van der Waals surface area contributed by atoms with E-state index in [1.807, 2.05) is 25.9 Å². The molecule has 1 fully saturated rings. The van der Waals surface area contributed by atoms with Crippen LogP contribution in [0.5, 0.6) is 0 Å². The Hall–Kier alpha value is -1.56. The van der Waals surface area contributed by atoms with Gasteiger partial charge in [-0.15, -0.1) is 0 Å². The number of aromatic amines is 1. The lowest BCUT2D eigenvalue weighted by Crippen LogP contribution is -2.34. The van der Waals surface area contributed by atoms with Crippen LogP contribution in [-0.2, 0) is 0 Å². The van der Waals surface area contributed by atoms with Crippen LogP contribution in [0.25, 0.3) is 0 Å². The number of hydrogen-bond donors (Lipinski definition) is 2. The molecule has 3 N–H and O–H groups in total. The number of aromatic nitrogens is 2. The van der Waals surface area contributed by atoms with E-state index >= 15 is 0 Å². The van der Waals surface area contributed by atoms with Crippen molar-refractivity contribution in [3.05, 3.63) is 11.4 Å².